The molecule has 0 bridgehead atoms. The van der Waals surface area contributed by atoms with Crippen LogP contribution in [0.1, 0.15) is 0 Å². The number of fused-ring (bicyclic) bond motifs is 1. The lowest BCUT2D eigenvalue weighted by atomic mass is 10.2. The van der Waals surface area contributed by atoms with Gasteiger partial charge in [0.25, 0.3) is 0 Å². The van der Waals surface area contributed by atoms with Crippen LogP contribution < -0.4 is 5.73 Å². The second-order valence-corrected chi connectivity index (χ2v) is 4.21. The van der Waals surface area contributed by atoms with Crippen molar-refractivity contribution in [1.29, 1.82) is 0 Å². The lowest BCUT2D eigenvalue weighted by molar-refractivity contribution is 0.474. The molecule has 1 aromatic carbocycles. The summed E-state index contributed by atoms with van der Waals surface area (Å²) in [4.78, 5) is 8.23. The number of oxazole rings is 1. The number of anilines is 1. The van der Waals surface area contributed by atoms with E-state index in [0.29, 0.717) is 27.5 Å². The number of nitrogens with zero attached hydrogens (tertiary/aromatic N) is 2. The maximum atomic E-state index is 9.80. The number of rotatable bonds is 1. The Morgan fingerprint density at radius 1 is 1.28 bits per heavy atom. The van der Waals surface area contributed by atoms with Crippen LogP contribution in [0, 0.1) is 0 Å². The molecule has 2 heterocycles. The molecule has 0 aliphatic carbocycles. The van der Waals surface area contributed by atoms with Gasteiger partial charge in [0.1, 0.15) is 11.3 Å². The van der Waals surface area contributed by atoms with E-state index in [1.165, 1.54) is 12.3 Å². The van der Waals surface area contributed by atoms with Crippen molar-refractivity contribution in [1.82, 2.24) is 9.97 Å². The molecular weight excluding hydrogens is 254 g/mol. The van der Waals surface area contributed by atoms with Crippen LogP contribution in [0.15, 0.2) is 34.9 Å². The van der Waals surface area contributed by atoms with Crippen LogP contribution in [0.2, 0.25) is 5.02 Å². The van der Waals surface area contributed by atoms with Crippen LogP contribution in [0.4, 0.5) is 5.69 Å². The Labute approximate surface area is 107 Å². The lowest BCUT2D eigenvalue weighted by Gasteiger charge is -2.00. The molecule has 5 nitrogen and oxygen atoms in total. The minimum atomic E-state index is 0.00709. The van der Waals surface area contributed by atoms with Crippen molar-refractivity contribution in [2.24, 2.45) is 0 Å². The molecule has 0 aliphatic rings. The van der Waals surface area contributed by atoms with Crippen LogP contribution in [0.5, 0.6) is 5.75 Å². The van der Waals surface area contributed by atoms with Gasteiger partial charge in [0, 0.05) is 18.0 Å². The predicted molar refractivity (Wildman–Crippen MR) is 68.3 cm³/mol. The summed E-state index contributed by atoms with van der Waals surface area (Å²) in [6, 6.07) is 6.37. The second kappa shape index (κ2) is 3.89. The van der Waals surface area contributed by atoms with Crippen molar-refractivity contribution in [2.45, 2.75) is 0 Å². The molecule has 3 aromatic rings. The summed E-state index contributed by atoms with van der Waals surface area (Å²) in [6.07, 6.45) is 1.47. The van der Waals surface area contributed by atoms with Crippen molar-refractivity contribution < 1.29 is 9.52 Å². The summed E-state index contributed by atoms with van der Waals surface area (Å²) in [5, 5.41) is 10.3. The molecule has 0 atom stereocenters. The molecule has 0 fully saturated rings. The van der Waals surface area contributed by atoms with Crippen LogP contribution in [-0.4, -0.2) is 15.1 Å². The molecular formula is C12H8ClN3O2. The standard InChI is InChI=1S/C12H8ClN3O2/c13-6-3-9-12(15-5-6)18-11(16-9)8-2-1-7(14)4-10(8)17/h1-5,17H,14H2. The van der Waals surface area contributed by atoms with Gasteiger partial charge in [0.05, 0.1) is 10.6 Å². The van der Waals surface area contributed by atoms with Gasteiger partial charge in [-0.25, -0.2) is 9.97 Å². The molecule has 0 radical (unpaired) electrons. The summed E-state index contributed by atoms with van der Waals surface area (Å²) >= 11 is 5.82. The van der Waals surface area contributed by atoms with Crippen molar-refractivity contribution in [3.63, 3.8) is 0 Å². The zero-order valence-electron chi connectivity index (χ0n) is 9.09. The minimum absolute atomic E-state index is 0.00709. The topological polar surface area (TPSA) is 85.2 Å². The molecule has 0 saturated carbocycles. The summed E-state index contributed by atoms with van der Waals surface area (Å²) < 4.78 is 5.45. The van der Waals surface area contributed by atoms with E-state index < -0.39 is 0 Å². The molecule has 0 aliphatic heterocycles. The van der Waals surface area contributed by atoms with E-state index >= 15 is 0 Å². The number of aromatic hydroxyl groups is 1. The van der Waals surface area contributed by atoms with E-state index in [4.69, 9.17) is 21.8 Å². The number of hydrogen-bond donors (Lipinski definition) is 2. The Hall–Kier alpha value is -2.27. The first kappa shape index (κ1) is 10.9. The quantitative estimate of drug-likeness (QED) is 0.658. The average Bonchev–Trinajstić information content (AvgIpc) is 2.71. The molecule has 90 valence electrons. The number of halogens is 1. The monoisotopic (exact) mass is 261 g/mol. The van der Waals surface area contributed by atoms with Crippen molar-refractivity contribution in [3.05, 3.63) is 35.5 Å². The Morgan fingerprint density at radius 3 is 2.89 bits per heavy atom. The van der Waals surface area contributed by atoms with E-state index in [-0.39, 0.29) is 11.6 Å². The number of hydrogen-bond acceptors (Lipinski definition) is 5. The molecule has 2 aromatic heterocycles. The van der Waals surface area contributed by atoms with Gasteiger partial charge in [-0.15, -0.1) is 0 Å². The van der Waals surface area contributed by atoms with E-state index in [0.717, 1.165) is 0 Å². The Balaban J connectivity index is 2.19. The number of pyridine rings is 1. The second-order valence-electron chi connectivity index (χ2n) is 3.77. The number of aromatic nitrogens is 2. The number of nitrogen functional groups attached to an aromatic ring is 1. The molecule has 0 saturated heterocycles. The zero-order valence-corrected chi connectivity index (χ0v) is 9.85. The zero-order chi connectivity index (χ0) is 12.7. The first-order valence-corrected chi connectivity index (χ1v) is 5.52. The van der Waals surface area contributed by atoms with E-state index in [1.807, 2.05) is 0 Å². The summed E-state index contributed by atoms with van der Waals surface area (Å²) in [5.74, 6) is 0.282. The van der Waals surface area contributed by atoms with Gasteiger partial charge < -0.3 is 15.3 Å². The van der Waals surface area contributed by atoms with Crippen LogP contribution >= 0.6 is 11.6 Å². The molecule has 18 heavy (non-hydrogen) atoms. The molecule has 0 unspecified atom stereocenters. The van der Waals surface area contributed by atoms with Crippen molar-refractivity contribution >= 4 is 28.5 Å². The van der Waals surface area contributed by atoms with Crippen LogP contribution in [0.3, 0.4) is 0 Å². The van der Waals surface area contributed by atoms with Gasteiger partial charge in [0.15, 0.2) is 0 Å². The minimum Gasteiger partial charge on any atom is -0.507 e. The summed E-state index contributed by atoms with van der Waals surface area (Å²) in [6.45, 7) is 0. The van der Waals surface area contributed by atoms with E-state index in [1.54, 1.807) is 18.2 Å². The van der Waals surface area contributed by atoms with Crippen LogP contribution in [0.25, 0.3) is 22.7 Å². The normalized spacial score (nSPS) is 10.9. The summed E-state index contributed by atoms with van der Waals surface area (Å²) in [7, 11) is 0. The molecule has 3 rings (SSSR count). The van der Waals surface area contributed by atoms with Gasteiger partial charge in [0.2, 0.25) is 11.6 Å². The SMILES string of the molecule is Nc1ccc(-c2nc3cc(Cl)cnc3o2)c(O)c1. The van der Waals surface area contributed by atoms with Gasteiger partial charge in [-0.05, 0) is 18.2 Å². The van der Waals surface area contributed by atoms with Crippen LogP contribution in [-0.2, 0) is 0 Å². The number of phenols is 1. The fraction of sp³-hybridized carbons (Fsp3) is 0. The first-order valence-electron chi connectivity index (χ1n) is 5.14. The third kappa shape index (κ3) is 1.74. The fourth-order valence-electron chi connectivity index (χ4n) is 1.64. The lowest BCUT2D eigenvalue weighted by Crippen LogP contribution is -1.85. The van der Waals surface area contributed by atoms with E-state index in [9.17, 15) is 5.11 Å². The summed E-state index contributed by atoms with van der Waals surface area (Å²) in [5.41, 5.74) is 7.38. The Bertz CT molecular complexity index is 739. The molecule has 6 heteroatoms. The smallest absolute Gasteiger partial charge is 0.247 e. The molecule has 0 spiro atoms. The number of nitrogens with two attached hydrogens (primary N) is 1. The maximum absolute atomic E-state index is 9.80. The maximum Gasteiger partial charge on any atom is 0.247 e. The van der Waals surface area contributed by atoms with Gasteiger partial charge in [-0.3, -0.25) is 0 Å². The van der Waals surface area contributed by atoms with Crippen molar-refractivity contribution in [3.8, 4) is 17.2 Å². The third-order valence-corrected chi connectivity index (χ3v) is 2.67. The highest BCUT2D eigenvalue weighted by atomic mass is 35.5. The Kier molecular flexibility index (Phi) is 2.34. The highest BCUT2D eigenvalue weighted by Crippen LogP contribution is 2.32. The van der Waals surface area contributed by atoms with E-state index in [2.05, 4.69) is 9.97 Å². The third-order valence-electron chi connectivity index (χ3n) is 2.47. The number of benzene rings is 1. The molecule has 0 amide bonds. The Morgan fingerprint density at radius 2 is 2.11 bits per heavy atom. The largest absolute Gasteiger partial charge is 0.507 e. The van der Waals surface area contributed by atoms with Gasteiger partial charge in [-0.2, -0.15) is 0 Å². The highest BCUT2D eigenvalue weighted by Gasteiger charge is 2.13. The van der Waals surface area contributed by atoms with Crippen molar-refractivity contribution in [2.75, 3.05) is 5.73 Å². The molecule has 3 N–H and O–H groups in total. The van der Waals surface area contributed by atoms with Gasteiger partial charge in [-0.1, -0.05) is 11.6 Å². The predicted octanol–water partition coefficient (Wildman–Crippen LogP) is 2.83. The first-order chi connectivity index (χ1) is 8.63. The highest BCUT2D eigenvalue weighted by molar-refractivity contribution is 6.30. The van der Waals surface area contributed by atoms with Gasteiger partial charge >= 0.3 is 0 Å². The fourth-order valence-corrected chi connectivity index (χ4v) is 1.80. The average molecular weight is 262 g/mol. The number of phenolic OH excluding ortho intramolecular Hbond substituents is 1.